The summed E-state index contributed by atoms with van der Waals surface area (Å²) >= 11 is 7.41. The average Bonchev–Trinajstić information content (AvgIpc) is 3.16. The Morgan fingerprint density at radius 2 is 2.22 bits per heavy atom. The number of halogens is 1. The molecule has 2 rings (SSSR count). The molecular formula is C15H20ClN5O4S2. The van der Waals surface area contributed by atoms with Gasteiger partial charge in [-0.05, 0) is 18.2 Å². The van der Waals surface area contributed by atoms with Gasteiger partial charge in [0.05, 0.1) is 23.6 Å². The summed E-state index contributed by atoms with van der Waals surface area (Å²) in [5, 5.41) is 9.95. The Labute approximate surface area is 166 Å². The van der Waals surface area contributed by atoms with E-state index in [-0.39, 0.29) is 23.0 Å². The first-order valence-corrected chi connectivity index (χ1v) is 10.8. The van der Waals surface area contributed by atoms with Gasteiger partial charge in [0.15, 0.2) is 5.16 Å². The van der Waals surface area contributed by atoms with Crippen LogP contribution in [0.2, 0.25) is 5.02 Å². The van der Waals surface area contributed by atoms with E-state index in [9.17, 15) is 13.2 Å². The number of thioether (sulfide) groups is 1. The smallest absolute Gasteiger partial charge is 0.243 e. The van der Waals surface area contributed by atoms with Crippen LogP contribution in [0.1, 0.15) is 6.92 Å². The quantitative estimate of drug-likeness (QED) is 0.429. The zero-order chi connectivity index (χ0) is 19.9. The standard InChI is InChI=1S/C15H20ClN5O4S2/c1-3-21(9-14(22)17-6-7-26-15-18-10-19-20-15)27(23,24)11-4-5-13(25-2)12(16)8-11/h4-5,8,10H,3,6-7,9H2,1-2H3,(H,17,22)(H,18,19,20). The Kier molecular flexibility index (Phi) is 7.90. The Morgan fingerprint density at radius 3 is 2.81 bits per heavy atom. The second-order valence-electron chi connectivity index (χ2n) is 5.22. The van der Waals surface area contributed by atoms with Gasteiger partial charge in [0.2, 0.25) is 15.9 Å². The molecule has 2 N–H and O–H groups in total. The van der Waals surface area contributed by atoms with Crippen molar-refractivity contribution in [1.29, 1.82) is 0 Å². The number of sulfonamides is 1. The molecule has 2 aromatic rings. The van der Waals surface area contributed by atoms with Gasteiger partial charge >= 0.3 is 0 Å². The van der Waals surface area contributed by atoms with Crippen molar-refractivity contribution in [3.63, 3.8) is 0 Å². The highest BCUT2D eigenvalue weighted by molar-refractivity contribution is 7.99. The largest absolute Gasteiger partial charge is 0.495 e. The number of carbonyl (C=O) groups excluding carboxylic acids is 1. The Bertz CT molecular complexity index is 861. The first-order valence-electron chi connectivity index (χ1n) is 7.97. The van der Waals surface area contributed by atoms with Gasteiger partial charge in [-0.1, -0.05) is 30.3 Å². The predicted molar refractivity (Wildman–Crippen MR) is 103 cm³/mol. The molecular weight excluding hydrogens is 414 g/mol. The minimum atomic E-state index is -3.86. The lowest BCUT2D eigenvalue weighted by molar-refractivity contribution is -0.121. The molecule has 0 atom stereocenters. The lowest BCUT2D eigenvalue weighted by Gasteiger charge is -2.20. The summed E-state index contributed by atoms with van der Waals surface area (Å²) in [6.07, 6.45) is 1.40. The summed E-state index contributed by atoms with van der Waals surface area (Å²) in [5.41, 5.74) is 0. The molecule has 0 radical (unpaired) electrons. The summed E-state index contributed by atoms with van der Waals surface area (Å²) < 4.78 is 31.6. The molecule has 0 aliphatic rings. The third-order valence-electron chi connectivity index (χ3n) is 3.49. The molecule has 0 spiro atoms. The van der Waals surface area contributed by atoms with Crippen LogP contribution in [0.15, 0.2) is 34.6 Å². The molecule has 148 valence electrons. The molecule has 1 aromatic carbocycles. The molecule has 12 heteroatoms. The fourth-order valence-corrected chi connectivity index (χ4v) is 4.53. The molecule has 0 saturated heterocycles. The fraction of sp³-hybridized carbons (Fsp3) is 0.400. The van der Waals surface area contributed by atoms with E-state index >= 15 is 0 Å². The van der Waals surface area contributed by atoms with Crippen LogP contribution in [0.5, 0.6) is 5.75 Å². The van der Waals surface area contributed by atoms with Crippen molar-refractivity contribution < 1.29 is 17.9 Å². The minimum Gasteiger partial charge on any atom is -0.495 e. The minimum absolute atomic E-state index is 0.00354. The topological polar surface area (TPSA) is 117 Å². The third-order valence-corrected chi connectivity index (χ3v) is 6.58. The van der Waals surface area contributed by atoms with Gasteiger partial charge in [-0.3, -0.25) is 9.89 Å². The molecule has 0 bridgehead atoms. The number of likely N-dealkylation sites (N-methyl/N-ethyl adjacent to an activating group) is 1. The number of methoxy groups -OCH3 is 1. The van der Waals surface area contributed by atoms with Crippen LogP contribution in [-0.2, 0) is 14.8 Å². The maximum absolute atomic E-state index is 12.8. The molecule has 1 heterocycles. The highest BCUT2D eigenvalue weighted by atomic mass is 35.5. The summed E-state index contributed by atoms with van der Waals surface area (Å²) in [4.78, 5) is 16.1. The summed E-state index contributed by atoms with van der Waals surface area (Å²) in [7, 11) is -2.41. The molecule has 0 aliphatic heterocycles. The van der Waals surface area contributed by atoms with Crippen molar-refractivity contribution in [2.24, 2.45) is 0 Å². The Balaban J connectivity index is 1.93. The third kappa shape index (κ3) is 5.83. The van der Waals surface area contributed by atoms with Crippen LogP contribution < -0.4 is 10.1 Å². The van der Waals surface area contributed by atoms with Crippen LogP contribution >= 0.6 is 23.4 Å². The van der Waals surface area contributed by atoms with E-state index in [1.807, 2.05) is 0 Å². The van der Waals surface area contributed by atoms with E-state index in [0.29, 0.717) is 23.2 Å². The summed E-state index contributed by atoms with van der Waals surface area (Å²) in [6.45, 7) is 1.90. The molecule has 0 unspecified atom stereocenters. The van der Waals surface area contributed by atoms with Crippen molar-refractivity contribution in [2.75, 3.05) is 32.5 Å². The second kappa shape index (κ2) is 9.93. The number of rotatable bonds is 10. The van der Waals surface area contributed by atoms with Crippen molar-refractivity contribution in [3.8, 4) is 5.75 Å². The second-order valence-corrected chi connectivity index (χ2v) is 8.65. The molecule has 27 heavy (non-hydrogen) atoms. The number of aromatic nitrogens is 3. The van der Waals surface area contributed by atoms with Gasteiger partial charge in [0, 0.05) is 18.8 Å². The van der Waals surface area contributed by atoms with E-state index in [2.05, 4.69) is 20.5 Å². The van der Waals surface area contributed by atoms with Crippen molar-refractivity contribution in [2.45, 2.75) is 17.0 Å². The Hall–Kier alpha value is -1.82. The number of nitrogens with one attached hydrogen (secondary N) is 2. The lowest BCUT2D eigenvalue weighted by atomic mass is 10.3. The number of aromatic amines is 1. The van der Waals surface area contributed by atoms with Crippen LogP contribution in [0.3, 0.4) is 0 Å². The molecule has 0 saturated carbocycles. The number of hydrogen-bond acceptors (Lipinski definition) is 7. The maximum atomic E-state index is 12.8. The molecule has 0 fully saturated rings. The van der Waals surface area contributed by atoms with Gasteiger partial charge in [-0.2, -0.15) is 9.40 Å². The number of hydrogen-bond donors (Lipinski definition) is 2. The number of nitrogens with zero attached hydrogens (tertiary/aromatic N) is 3. The number of H-pyrrole nitrogens is 1. The maximum Gasteiger partial charge on any atom is 0.243 e. The average molecular weight is 434 g/mol. The van der Waals surface area contributed by atoms with Gasteiger partial charge < -0.3 is 10.1 Å². The van der Waals surface area contributed by atoms with Crippen LogP contribution in [-0.4, -0.2) is 66.3 Å². The molecule has 1 aromatic heterocycles. The molecule has 1 amide bonds. The van der Waals surface area contributed by atoms with E-state index in [1.165, 1.54) is 43.4 Å². The zero-order valence-corrected chi connectivity index (χ0v) is 17.2. The van der Waals surface area contributed by atoms with Crippen molar-refractivity contribution in [1.82, 2.24) is 24.8 Å². The lowest BCUT2D eigenvalue weighted by Crippen LogP contribution is -2.41. The van der Waals surface area contributed by atoms with Crippen LogP contribution in [0, 0.1) is 0 Å². The number of ether oxygens (including phenoxy) is 1. The summed E-state index contributed by atoms with van der Waals surface area (Å²) in [5.74, 6) is 0.562. The van der Waals surface area contributed by atoms with E-state index in [4.69, 9.17) is 16.3 Å². The first kappa shape index (κ1) is 21.5. The van der Waals surface area contributed by atoms with Gasteiger partial charge in [-0.25, -0.2) is 13.4 Å². The number of benzene rings is 1. The Morgan fingerprint density at radius 1 is 1.44 bits per heavy atom. The van der Waals surface area contributed by atoms with Gasteiger partial charge in [-0.15, -0.1) is 0 Å². The van der Waals surface area contributed by atoms with Crippen molar-refractivity contribution in [3.05, 3.63) is 29.5 Å². The van der Waals surface area contributed by atoms with Gasteiger partial charge in [0.25, 0.3) is 0 Å². The zero-order valence-electron chi connectivity index (χ0n) is 14.8. The number of carbonyl (C=O) groups is 1. The SMILES string of the molecule is CCN(CC(=O)NCCSc1ncn[nH]1)S(=O)(=O)c1ccc(OC)c(Cl)c1. The number of amides is 1. The van der Waals surface area contributed by atoms with Gasteiger partial charge in [0.1, 0.15) is 12.1 Å². The highest BCUT2D eigenvalue weighted by Crippen LogP contribution is 2.28. The van der Waals surface area contributed by atoms with Crippen molar-refractivity contribution >= 4 is 39.3 Å². The molecule has 9 nitrogen and oxygen atoms in total. The van der Waals surface area contributed by atoms with E-state index in [0.717, 1.165) is 4.31 Å². The summed E-state index contributed by atoms with van der Waals surface area (Å²) in [6, 6.07) is 4.18. The molecule has 0 aliphatic carbocycles. The fourth-order valence-electron chi connectivity index (χ4n) is 2.14. The first-order chi connectivity index (χ1) is 12.9. The van der Waals surface area contributed by atoms with Crippen LogP contribution in [0.4, 0.5) is 0 Å². The predicted octanol–water partition coefficient (Wildman–Crippen LogP) is 1.39. The normalized spacial score (nSPS) is 11.6. The highest BCUT2D eigenvalue weighted by Gasteiger charge is 2.26. The van der Waals surface area contributed by atoms with E-state index < -0.39 is 15.9 Å². The van der Waals surface area contributed by atoms with E-state index in [1.54, 1.807) is 6.92 Å². The monoisotopic (exact) mass is 433 g/mol. The van der Waals surface area contributed by atoms with Crippen LogP contribution in [0.25, 0.3) is 0 Å².